The minimum atomic E-state index is 0.312. The molecule has 1 fully saturated rings. The van der Waals surface area contributed by atoms with Gasteiger partial charge in [0.1, 0.15) is 0 Å². The Morgan fingerprint density at radius 3 is 2.93 bits per heavy atom. The van der Waals surface area contributed by atoms with E-state index in [9.17, 15) is 0 Å². The zero-order chi connectivity index (χ0) is 10.3. The number of rotatable bonds is 6. The maximum absolute atomic E-state index is 5.87. The second kappa shape index (κ2) is 6.70. The van der Waals surface area contributed by atoms with E-state index < -0.39 is 0 Å². The highest BCUT2D eigenvalue weighted by Crippen LogP contribution is 2.32. The first-order chi connectivity index (χ1) is 6.83. The monoisotopic (exact) mass is 217 g/mol. The molecule has 2 nitrogen and oxygen atoms in total. The highest BCUT2D eigenvalue weighted by atomic mass is 32.2. The Hall–Kier alpha value is 0.270. The Kier molecular flexibility index (Phi) is 5.90. The molecule has 0 aromatic rings. The molecule has 3 heteroatoms. The van der Waals surface area contributed by atoms with E-state index >= 15 is 0 Å². The summed E-state index contributed by atoms with van der Waals surface area (Å²) in [6.07, 6.45) is 4.99. The van der Waals surface area contributed by atoms with Crippen LogP contribution in [0.15, 0.2) is 0 Å². The summed E-state index contributed by atoms with van der Waals surface area (Å²) in [7, 11) is 0. The van der Waals surface area contributed by atoms with Crippen molar-refractivity contribution in [1.82, 2.24) is 0 Å². The molecule has 0 saturated carbocycles. The van der Waals surface area contributed by atoms with E-state index in [-0.39, 0.29) is 0 Å². The maximum Gasteiger partial charge on any atom is 0.0534 e. The molecule has 0 radical (unpaired) electrons. The van der Waals surface area contributed by atoms with E-state index in [1.165, 1.54) is 37.2 Å². The average molecular weight is 217 g/mol. The van der Waals surface area contributed by atoms with Gasteiger partial charge in [0, 0.05) is 18.6 Å². The second-order valence-electron chi connectivity index (χ2n) is 4.16. The van der Waals surface area contributed by atoms with Crippen LogP contribution in [0.3, 0.4) is 0 Å². The van der Waals surface area contributed by atoms with Gasteiger partial charge in [0.2, 0.25) is 0 Å². The third-order valence-corrected chi connectivity index (χ3v) is 4.02. The van der Waals surface area contributed by atoms with Gasteiger partial charge >= 0.3 is 0 Å². The van der Waals surface area contributed by atoms with E-state index in [4.69, 9.17) is 10.5 Å². The number of thioether (sulfide) groups is 1. The van der Waals surface area contributed by atoms with Crippen LogP contribution in [-0.4, -0.2) is 31.3 Å². The summed E-state index contributed by atoms with van der Waals surface area (Å²) in [5, 5.41) is 0. The third-order valence-electron chi connectivity index (χ3n) is 3.04. The first-order valence-corrected chi connectivity index (χ1v) is 6.84. The van der Waals surface area contributed by atoms with Crippen LogP contribution < -0.4 is 5.73 Å². The molecule has 1 rings (SSSR count). The molecule has 2 N–H and O–H groups in total. The highest BCUT2D eigenvalue weighted by Gasteiger charge is 2.30. The van der Waals surface area contributed by atoms with Crippen LogP contribution in [0.25, 0.3) is 0 Å². The summed E-state index contributed by atoms with van der Waals surface area (Å²) in [5.74, 6) is 2.50. The van der Waals surface area contributed by atoms with Crippen LogP contribution in [0.1, 0.15) is 32.6 Å². The predicted molar refractivity (Wildman–Crippen MR) is 63.8 cm³/mol. The molecular formula is C11H23NOS. The molecule has 84 valence electrons. The Balaban J connectivity index is 2.22. The van der Waals surface area contributed by atoms with Gasteiger partial charge in [-0.15, -0.1) is 0 Å². The van der Waals surface area contributed by atoms with Crippen LogP contribution in [0.5, 0.6) is 0 Å². The van der Waals surface area contributed by atoms with Crippen LogP contribution in [0.4, 0.5) is 0 Å². The molecule has 1 aliphatic rings. The normalized spacial score (nSPS) is 27.9. The van der Waals surface area contributed by atoms with E-state index in [1.807, 2.05) is 11.8 Å². The van der Waals surface area contributed by atoms with Gasteiger partial charge in [-0.1, -0.05) is 6.92 Å². The summed E-state index contributed by atoms with van der Waals surface area (Å²) in [5.41, 5.74) is 6.18. The van der Waals surface area contributed by atoms with Crippen molar-refractivity contribution in [1.29, 1.82) is 0 Å². The Labute approximate surface area is 92.0 Å². The highest BCUT2D eigenvalue weighted by molar-refractivity contribution is 7.99. The summed E-state index contributed by atoms with van der Waals surface area (Å²) >= 11 is 2.02. The van der Waals surface area contributed by atoms with E-state index in [0.29, 0.717) is 5.41 Å². The zero-order valence-corrected chi connectivity index (χ0v) is 10.1. The molecule has 0 aromatic carbocycles. The number of nitrogens with two attached hydrogens (primary N) is 1. The fourth-order valence-corrected chi connectivity index (χ4v) is 2.70. The largest absolute Gasteiger partial charge is 0.381 e. The van der Waals surface area contributed by atoms with Crippen molar-refractivity contribution in [2.75, 3.05) is 31.3 Å². The van der Waals surface area contributed by atoms with E-state index in [1.54, 1.807) is 0 Å². The summed E-state index contributed by atoms with van der Waals surface area (Å²) < 4.78 is 5.55. The lowest BCUT2D eigenvalue weighted by Crippen LogP contribution is -2.38. The SMILES string of the molecule is CCSCCCC1(CN)CCCOC1. The number of hydrogen-bond donors (Lipinski definition) is 1. The molecular weight excluding hydrogens is 194 g/mol. The van der Waals surface area contributed by atoms with Crippen molar-refractivity contribution in [2.45, 2.75) is 32.6 Å². The van der Waals surface area contributed by atoms with Crippen LogP contribution in [0.2, 0.25) is 0 Å². The maximum atomic E-state index is 5.87. The van der Waals surface area contributed by atoms with Crippen molar-refractivity contribution in [3.05, 3.63) is 0 Å². The van der Waals surface area contributed by atoms with Crippen molar-refractivity contribution in [3.8, 4) is 0 Å². The zero-order valence-electron chi connectivity index (χ0n) is 9.26. The molecule has 0 aliphatic carbocycles. The summed E-state index contributed by atoms with van der Waals surface area (Å²) in [4.78, 5) is 0. The van der Waals surface area contributed by atoms with E-state index in [0.717, 1.165) is 19.8 Å². The van der Waals surface area contributed by atoms with Crippen molar-refractivity contribution >= 4 is 11.8 Å². The van der Waals surface area contributed by atoms with Gasteiger partial charge < -0.3 is 10.5 Å². The first-order valence-electron chi connectivity index (χ1n) is 5.68. The van der Waals surface area contributed by atoms with Crippen LogP contribution in [-0.2, 0) is 4.74 Å². The molecule has 0 bridgehead atoms. The third kappa shape index (κ3) is 3.79. The van der Waals surface area contributed by atoms with Gasteiger partial charge in [0.25, 0.3) is 0 Å². The quantitative estimate of drug-likeness (QED) is 0.693. The first kappa shape index (κ1) is 12.3. The van der Waals surface area contributed by atoms with Gasteiger partial charge in [-0.05, 0) is 37.2 Å². The van der Waals surface area contributed by atoms with Crippen molar-refractivity contribution in [2.24, 2.45) is 11.1 Å². The van der Waals surface area contributed by atoms with Crippen LogP contribution in [0, 0.1) is 5.41 Å². The van der Waals surface area contributed by atoms with E-state index in [2.05, 4.69) is 6.92 Å². The minimum Gasteiger partial charge on any atom is -0.381 e. The average Bonchev–Trinajstić information content (AvgIpc) is 2.26. The molecule has 1 heterocycles. The predicted octanol–water partition coefficient (Wildman–Crippen LogP) is 2.28. The van der Waals surface area contributed by atoms with Gasteiger partial charge in [-0.3, -0.25) is 0 Å². The van der Waals surface area contributed by atoms with Crippen LogP contribution >= 0.6 is 11.8 Å². The fraction of sp³-hybridized carbons (Fsp3) is 1.00. The van der Waals surface area contributed by atoms with Gasteiger partial charge in [0.15, 0.2) is 0 Å². The molecule has 14 heavy (non-hydrogen) atoms. The Bertz CT molecular complexity index is 146. The molecule has 0 amide bonds. The fourth-order valence-electron chi connectivity index (χ4n) is 2.06. The molecule has 0 aromatic heterocycles. The van der Waals surface area contributed by atoms with Gasteiger partial charge in [-0.2, -0.15) is 11.8 Å². The lowest BCUT2D eigenvalue weighted by Gasteiger charge is -2.36. The second-order valence-corrected chi connectivity index (χ2v) is 5.55. The van der Waals surface area contributed by atoms with Gasteiger partial charge in [0.05, 0.1) is 6.61 Å². The molecule has 1 unspecified atom stereocenters. The Morgan fingerprint density at radius 2 is 2.36 bits per heavy atom. The standard InChI is InChI=1S/C11H23NOS/c1-2-14-8-4-6-11(9-12)5-3-7-13-10-11/h2-10,12H2,1H3. The summed E-state index contributed by atoms with van der Waals surface area (Å²) in [6, 6.07) is 0. The lowest BCUT2D eigenvalue weighted by molar-refractivity contribution is -0.00764. The molecule has 1 saturated heterocycles. The number of ether oxygens (including phenoxy) is 1. The summed E-state index contributed by atoms with van der Waals surface area (Å²) in [6.45, 7) is 4.84. The molecule has 1 aliphatic heterocycles. The van der Waals surface area contributed by atoms with Crippen molar-refractivity contribution in [3.63, 3.8) is 0 Å². The Morgan fingerprint density at radius 1 is 1.50 bits per heavy atom. The topological polar surface area (TPSA) is 35.2 Å². The number of hydrogen-bond acceptors (Lipinski definition) is 3. The lowest BCUT2D eigenvalue weighted by atomic mass is 9.79. The molecule has 0 spiro atoms. The van der Waals surface area contributed by atoms with Crippen molar-refractivity contribution < 1.29 is 4.74 Å². The smallest absolute Gasteiger partial charge is 0.0534 e. The van der Waals surface area contributed by atoms with Gasteiger partial charge in [-0.25, -0.2) is 0 Å². The minimum absolute atomic E-state index is 0.312. The molecule has 1 atom stereocenters.